The van der Waals surface area contributed by atoms with Crippen molar-refractivity contribution in [1.82, 2.24) is 20.2 Å². The van der Waals surface area contributed by atoms with E-state index in [0.717, 1.165) is 5.56 Å². The minimum Gasteiger partial charge on any atom is -0.478 e. The second kappa shape index (κ2) is 9.46. The Morgan fingerprint density at radius 3 is 2.45 bits per heavy atom. The van der Waals surface area contributed by atoms with Crippen LogP contribution in [0.25, 0.3) is 11.3 Å². The van der Waals surface area contributed by atoms with Crippen LogP contribution in [0.2, 0.25) is 5.02 Å². The zero-order valence-electron chi connectivity index (χ0n) is 17.4. The van der Waals surface area contributed by atoms with Crippen molar-refractivity contribution in [3.63, 3.8) is 0 Å². The van der Waals surface area contributed by atoms with Gasteiger partial charge in [-0.25, -0.2) is 4.79 Å². The van der Waals surface area contributed by atoms with Crippen LogP contribution in [0.15, 0.2) is 79.0 Å². The number of carbonyl (C=O) groups excluding carboxylic acids is 1. The number of aryl methyl sites for hydroxylation is 1. The molecule has 3 aromatic carbocycles. The number of allylic oxidation sites excluding steroid dienone is 1. The average molecular weight is 460 g/mol. The van der Waals surface area contributed by atoms with Gasteiger partial charge in [-0.3, -0.25) is 4.79 Å². The summed E-state index contributed by atoms with van der Waals surface area (Å²) in [6.07, 6.45) is 1.40. The van der Waals surface area contributed by atoms with Crippen LogP contribution >= 0.6 is 11.6 Å². The normalized spacial score (nSPS) is 11.3. The number of hydrogen-bond donors (Lipinski definition) is 2. The molecule has 0 radical (unpaired) electrons. The molecule has 1 heterocycles. The van der Waals surface area contributed by atoms with Gasteiger partial charge in [-0.05, 0) is 53.2 Å². The van der Waals surface area contributed by atoms with Crippen LogP contribution < -0.4 is 5.32 Å². The van der Waals surface area contributed by atoms with E-state index in [1.165, 1.54) is 29.1 Å². The molecule has 0 fully saturated rings. The highest BCUT2D eigenvalue weighted by Gasteiger charge is 2.23. The van der Waals surface area contributed by atoms with Crippen LogP contribution in [0.5, 0.6) is 0 Å². The summed E-state index contributed by atoms with van der Waals surface area (Å²) in [6, 6.07) is 20.6. The highest BCUT2D eigenvalue weighted by atomic mass is 35.5. The second-order valence-electron chi connectivity index (χ2n) is 7.09. The number of nitrogens with one attached hydrogen (secondary N) is 1. The summed E-state index contributed by atoms with van der Waals surface area (Å²) in [5, 5.41) is 24.7. The van der Waals surface area contributed by atoms with Crippen molar-refractivity contribution in [1.29, 1.82) is 0 Å². The SMILES string of the molecule is Cc1ccccc1C(=O)/C(=C\Nc1cc(Cl)ccc1C(=O)O)c1nnnn1-c1ccccc1. The largest absolute Gasteiger partial charge is 0.478 e. The topological polar surface area (TPSA) is 110 Å². The molecule has 0 saturated carbocycles. The third kappa shape index (κ3) is 4.65. The van der Waals surface area contributed by atoms with Gasteiger partial charge in [0.25, 0.3) is 0 Å². The van der Waals surface area contributed by atoms with Gasteiger partial charge < -0.3 is 10.4 Å². The first-order chi connectivity index (χ1) is 16.0. The van der Waals surface area contributed by atoms with E-state index in [1.54, 1.807) is 12.1 Å². The average Bonchev–Trinajstić information content (AvgIpc) is 3.29. The van der Waals surface area contributed by atoms with E-state index in [-0.39, 0.29) is 28.4 Å². The van der Waals surface area contributed by atoms with Gasteiger partial charge in [-0.2, -0.15) is 4.68 Å². The van der Waals surface area contributed by atoms with Crippen molar-refractivity contribution in [2.24, 2.45) is 0 Å². The zero-order chi connectivity index (χ0) is 23.4. The Bertz CT molecular complexity index is 1370. The van der Waals surface area contributed by atoms with Crippen LogP contribution in [-0.4, -0.2) is 37.1 Å². The minimum atomic E-state index is -1.14. The van der Waals surface area contributed by atoms with E-state index in [4.69, 9.17) is 11.6 Å². The van der Waals surface area contributed by atoms with Crippen LogP contribution in [0.3, 0.4) is 0 Å². The number of benzene rings is 3. The fourth-order valence-corrected chi connectivity index (χ4v) is 3.45. The van der Waals surface area contributed by atoms with E-state index in [2.05, 4.69) is 20.8 Å². The summed E-state index contributed by atoms with van der Waals surface area (Å²) in [5.41, 5.74) is 2.29. The molecule has 0 aliphatic rings. The molecule has 0 unspecified atom stereocenters. The van der Waals surface area contributed by atoms with Crippen molar-refractivity contribution >= 4 is 34.6 Å². The molecular weight excluding hydrogens is 442 g/mol. The maximum absolute atomic E-state index is 13.6. The van der Waals surface area contributed by atoms with E-state index >= 15 is 0 Å². The number of anilines is 1. The Labute approximate surface area is 194 Å². The molecule has 0 atom stereocenters. The number of carboxylic acids is 1. The predicted molar refractivity (Wildman–Crippen MR) is 125 cm³/mol. The van der Waals surface area contributed by atoms with E-state index in [0.29, 0.717) is 16.3 Å². The zero-order valence-corrected chi connectivity index (χ0v) is 18.2. The summed E-state index contributed by atoms with van der Waals surface area (Å²) in [7, 11) is 0. The molecule has 0 spiro atoms. The summed E-state index contributed by atoms with van der Waals surface area (Å²) in [4.78, 5) is 25.2. The lowest BCUT2D eigenvalue weighted by atomic mass is 9.99. The number of tetrazole rings is 1. The minimum absolute atomic E-state index is 0.000918. The lowest BCUT2D eigenvalue weighted by Crippen LogP contribution is -2.12. The predicted octanol–water partition coefficient (Wildman–Crippen LogP) is 4.66. The number of nitrogens with zero attached hydrogens (tertiary/aromatic N) is 4. The first-order valence-corrected chi connectivity index (χ1v) is 10.3. The third-order valence-corrected chi connectivity index (χ3v) is 5.16. The summed E-state index contributed by atoms with van der Waals surface area (Å²) in [5.74, 6) is -1.27. The van der Waals surface area contributed by atoms with Gasteiger partial charge >= 0.3 is 5.97 Å². The molecule has 33 heavy (non-hydrogen) atoms. The Hall–Kier alpha value is -4.30. The Balaban J connectivity index is 1.85. The number of carboxylic acid groups (broad SMARTS) is 1. The van der Waals surface area contributed by atoms with Gasteiger partial charge in [0.2, 0.25) is 0 Å². The van der Waals surface area contributed by atoms with Gasteiger partial charge in [0.05, 0.1) is 22.5 Å². The van der Waals surface area contributed by atoms with Crippen LogP contribution in [0.4, 0.5) is 5.69 Å². The number of halogens is 1. The van der Waals surface area contributed by atoms with Crippen molar-refractivity contribution in [2.45, 2.75) is 6.92 Å². The number of para-hydroxylation sites is 1. The Morgan fingerprint density at radius 2 is 1.73 bits per heavy atom. The van der Waals surface area contributed by atoms with Crippen LogP contribution in [-0.2, 0) is 0 Å². The first kappa shape index (κ1) is 21.9. The standard InChI is InChI=1S/C24H18ClN5O3/c1-15-7-5-6-10-18(15)22(31)20(14-26-21-13-16(25)11-12-19(21)24(32)33)23-27-28-29-30(23)17-8-3-2-4-9-17/h2-14,26H,1H3,(H,32,33)/b20-14+. The molecule has 4 aromatic rings. The van der Waals surface area contributed by atoms with Gasteiger partial charge in [0.1, 0.15) is 0 Å². The smallest absolute Gasteiger partial charge is 0.337 e. The molecule has 0 amide bonds. The number of hydrogen-bond acceptors (Lipinski definition) is 6. The number of aromatic nitrogens is 4. The number of rotatable bonds is 7. The number of aromatic carboxylic acids is 1. The quantitative estimate of drug-likeness (QED) is 0.305. The van der Waals surface area contributed by atoms with Crippen molar-refractivity contribution in [2.75, 3.05) is 5.32 Å². The molecule has 4 rings (SSSR count). The molecule has 2 N–H and O–H groups in total. The third-order valence-electron chi connectivity index (χ3n) is 4.93. The fraction of sp³-hybridized carbons (Fsp3) is 0.0417. The summed E-state index contributed by atoms with van der Waals surface area (Å²) >= 11 is 6.06. The van der Waals surface area contributed by atoms with Crippen LogP contribution in [0.1, 0.15) is 32.1 Å². The second-order valence-corrected chi connectivity index (χ2v) is 7.53. The van der Waals surface area contributed by atoms with E-state index < -0.39 is 5.97 Å². The lowest BCUT2D eigenvalue weighted by molar-refractivity contribution is 0.0698. The highest BCUT2D eigenvalue weighted by molar-refractivity contribution is 6.31. The molecule has 0 saturated heterocycles. The molecule has 1 aromatic heterocycles. The van der Waals surface area contributed by atoms with Gasteiger partial charge in [-0.15, -0.1) is 5.10 Å². The van der Waals surface area contributed by atoms with Crippen molar-refractivity contribution < 1.29 is 14.7 Å². The maximum atomic E-state index is 13.6. The molecule has 164 valence electrons. The van der Waals surface area contributed by atoms with Gasteiger partial charge in [0, 0.05) is 16.8 Å². The molecule has 0 bridgehead atoms. The number of Topliss-reactive ketones (excluding diaryl/α,β-unsaturated/α-hetero) is 1. The summed E-state index contributed by atoms with van der Waals surface area (Å²) < 4.78 is 1.44. The lowest BCUT2D eigenvalue weighted by Gasteiger charge is -2.12. The molecule has 0 aliphatic carbocycles. The number of carbonyl (C=O) groups is 2. The van der Waals surface area contributed by atoms with Crippen LogP contribution in [0, 0.1) is 6.92 Å². The monoisotopic (exact) mass is 459 g/mol. The van der Waals surface area contributed by atoms with E-state index in [9.17, 15) is 14.7 Å². The Kier molecular flexibility index (Phi) is 6.28. The fourth-order valence-electron chi connectivity index (χ4n) is 3.27. The first-order valence-electron chi connectivity index (χ1n) is 9.90. The van der Waals surface area contributed by atoms with Crippen molar-refractivity contribution in [3.05, 3.63) is 107 Å². The molecule has 8 nitrogen and oxygen atoms in total. The highest BCUT2D eigenvalue weighted by Crippen LogP contribution is 2.25. The molecule has 9 heteroatoms. The van der Waals surface area contributed by atoms with Gasteiger partial charge in [-0.1, -0.05) is 54.1 Å². The van der Waals surface area contributed by atoms with Crippen molar-refractivity contribution in [3.8, 4) is 5.69 Å². The summed E-state index contributed by atoms with van der Waals surface area (Å²) in [6.45, 7) is 1.83. The maximum Gasteiger partial charge on any atom is 0.337 e. The molecule has 0 aliphatic heterocycles. The Morgan fingerprint density at radius 1 is 1.00 bits per heavy atom. The number of ketones is 1. The van der Waals surface area contributed by atoms with Gasteiger partial charge in [0.15, 0.2) is 11.6 Å². The molecular formula is C24H18ClN5O3. The van der Waals surface area contributed by atoms with E-state index in [1.807, 2.05) is 49.4 Å².